The third-order valence-corrected chi connectivity index (χ3v) is 5.18. The van der Waals surface area contributed by atoms with E-state index in [-0.39, 0.29) is 5.54 Å². The van der Waals surface area contributed by atoms with Gasteiger partial charge in [0.15, 0.2) is 5.17 Å². The number of aryl methyl sites for hydroxylation is 1. The van der Waals surface area contributed by atoms with E-state index < -0.39 is 0 Å². The van der Waals surface area contributed by atoms with E-state index in [0.29, 0.717) is 11.8 Å². The lowest BCUT2D eigenvalue weighted by Gasteiger charge is -2.38. The van der Waals surface area contributed by atoms with Gasteiger partial charge in [0.1, 0.15) is 5.75 Å². The number of rotatable bonds is 1. The molecule has 0 amide bonds. The fourth-order valence-corrected chi connectivity index (χ4v) is 4.12. The molecule has 0 aliphatic carbocycles. The molecule has 2 aliphatic heterocycles. The fraction of sp³-hybridized carbons (Fsp3) is 0.375. The number of thioether (sulfide) groups is 1. The molecule has 0 bridgehead atoms. The summed E-state index contributed by atoms with van der Waals surface area (Å²) < 4.78 is 7.66. The summed E-state index contributed by atoms with van der Waals surface area (Å²) in [5, 5.41) is 4.94. The molecule has 2 aromatic rings. The number of nitrogens with zero attached hydrogens (tertiary/aromatic N) is 3. The molecule has 1 aromatic carbocycles. The summed E-state index contributed by atoms with van der Waals surface area (Å²) in [7, 11) is 1.93. The second kappa shape index (κ2) is 5.05. The molecule has 1 aromatic heterocycles. The highest BCUT2D eigenvalue weighted by Gasteiger charge is 2.39. The van der Waals surface area contributed by atoms with Crippen molar-refractivity contribution in [2.45, 2.75) is 18.4 Å². The molecule has 0 saturated carbocycles. The van der Waals surface area contributed by atoms with Gasteiger partial charge in [-0.15, -0.1) is 0 Å². The summed E-state index contributed by atoms with van der Waals surface area (Å²) in [6.07, 6.45) is 5.79. The SMILES string of the molecule is Cn1cc(-c2ccc3c(c2)C2(CCO3)CCSC(N)=N2)cn1. The average Bonchev–Trinajstić information content (AvgIpc) is 2.94. The summed E-state index contributed by atoms with van der Waals surface area (Å²) >= 11 is 1.64. The smallest absolute Gasteiger partial charge is 0.154 e. The molecule has 6 heteroatoms. The highest BCUT2D eigenvalue weighted by molar-refractivity contribution is 8.13. The van der Waals surface area contributed by atoms with Crippen LogP contribution in [0.5, 0.6) is 5.75 Å². The molecule has 114 valence electrons. The highest BCUT2D eigenvalue weighted by atomic mass is 32.2. The average molecular weight is 314 g/mol. The predicted molar refractivity (Wildman–Crippen MR) is 89.1 cm³/mol. The van der Waals surface area contributed by atoms with Gasteiger partial charge < -0.3 is 10.5 Å². The predicted octanol–water partition coefficient (Wildman–Crippen LogP) is 2.52. The Kier molecular flexibility index (Phi) is 3.14. The first-order valence-electron chi connectivity index (χ1n) is 7.41. The molecule has 1 atom stereocenters. The molecule has 1 unspecified atom stereocenters. The van der Waals surface area contributed by atoms with Gasteiger partial charge in [0, 0.05) is 36.5 Å². The van der Waals surface area contributed by atoms with E-state index in [1.807, 2.05) is 30.2 Å². The minimum atomic E-state index is -0.221. The van der Waals surface area contributed by atoms with Gasteiger partial charge >= 0.3 is 0 Å². The molecule has 3 heterocycles. The number of hydrogen-bond donors (Lipinski definition) is 1. The van der Waals surface area contributed by atoms with E-state index in [4.69, 9.17) is 15.5 Å². The van der Waals surface area contributed by atoms with Crippen LogP contribution >= 0.6 is 11.8 Å². The molecule has 1 spiro atoms. The Morgan fingerprint density at radius 3 is 3.00 bits per heavy atom. The van der Waals surface area contributed by atoms with E-state index in [9.17, 15) is 0 Å². The van der Waals surface area contributed by atoms with Crippen LogP contribution in [0.15, 0.2) is 35.6 Å². The maximum atomic E-state index is 6.01. The van der Waals surface area contributed by atoms with E-state index in [1.165, 1.54) is 0 Å². The van der Waals surface area contributed by atoms with Crippen molar-refractivity contribution in [3.05, 3.63) is 36.2 Å². The van der Waals surface area contributed by atoms with Crippen molar-refractivity contribution < 1.29 is 4.74 Å². The summed E-state index contributed by atoms with van der Waals surface area (Å²) in [6, 6.07) is 6.32. The van der Waals surface area contributed by atoms with E-state index in [0.717, 1.165) is 41.0 Å². The molecule has 2 N–H and O–H groups in total. The zero-order chi connectivity index (χ0) is 15.2. The molecular formula is C16H18N4OS. The van der Waals surface area contributed by atoms with Crippen LogP contribution in [0.4, 0.5) is 0 Å². The maximum absolute atomic E-state index is 6.01. The Hall–Kier alpha value is -1.95. The number of aliphatic imine (C=N–C) groups is 1. The number of fused-ring (bicyclic) bond motifs is 2. The molecule has 0 saturated heterocycles. The summed E-state index contributed by atoms with van der Waals surface area (Å²) in [4.78, 5) is 4.81. The van der Waals surface area contributed by atoms with Crippen LogP contribution in [0.3, 0.4) is 0 Å². The van der Waals surface area contributed by atoms with Crippen molar-refractivity contribution >= 4 is 16.9 Å². The zero-order valence-electron chi connectivity index (χ0n) is 12.5. The largest absolute Gasteiger partial charge is 0.493 e. The Balaban J connectivity index is 1.85. The van der Waals surface area contributed by atoms with Crippen LogP contribution in [0, 0.1) is 0 Å². The standard InChI is InChI=1S/C16H18N4OS/c1-20-10-12(9-18-20)11-2-3-14-13(8-11)16(4-6-21-14)5-7-22-15(17)19-16/h2-3,8-10H,4-7H2,1H3,(H2,17,19). The van der Waals surface area contributed by atoms with Gasteiger partial charge in [-0.25, -0.2) is 0 Å². The fourth-order valence-electron chi connectivity index (χ4n) is 3.23. The first-order chi connectivity index (χ1) is 10.7. The van der Waals surface area contributed by atoms with Gasteiger partial charge in [-0.05, 0) is 24.1 Å². The molecule has 2 aliphatic rings. The van der Waals surface area contributed by atoms with Gasteiger partial charge in [0.25, 0.3) is 0 Å². The van der Waals surface area contributed by atoms with Crippen LogP contribution in [0.2, 0.25) is 0 Å². The van der Waals surface area contributed by atoms with Crippen molar-refractivity contribution in [1.82, 2.24) is 9.78 Å². The Morgan fingerprint density at radius 1 is 1.32 bits per heavy atom. The monoisotopic (exact) mass is 314 g/mol. The second-order valence-electron chi connectivity index (χ2n) is 5.79. The van der Waals surface area contributed by atoms with E-state index >= 15 is 0 Å². The quantitative estimate of drug-likeness (QED) is 0.878. The number of hydrogen-bond acceptors (Lipinski definition) is 5. The van der Waals surface area contributed by atoms with Gasteiger partial charge in [0.2, 0.25) is 0 Å². The van der Waals surface area contributed by atoms with Crippen molar-refractivity contribution in [1.29, 1.82) is 0 Å². The van der Waals surface area contributed by atoms with Gasteiger partial charge in [0.05, 0.1) is 18.3 Å². The minimum Gasteiger partial charge on any atom is -0.493 e. The Labute approximate surface area is 133 Å². The molecular weight excluding hydrogens is 296 g/mol. The van der Waals surface area contributed by atoms with Crippen molar-refractivity contribution in [2.24, 2.45) is 17.8 Å². The van der Waals surface area contributed by atoms with E-state index in [2.05, 4.69) is 17.2 Å². The molecule has 22 heavy (non-hydrogen) atoms. The number of ether oxygens (including phenoxy) is 1. The molecule has 5 nitrogen and oxygen atoms in total. The van der Waals surface area contributed by atoms with Crippen LogP contribution < -0.4 is 10.5 Å². The Bertz CT molecular complexity index is 754. The molecule has 0 fully saturated rings. The van der Waals surface area contributed by atoms with Crippen LogP contribution in [-0.4, -0.2) is 27.3 Å². The molecule has 4 rings (SSSR count). The summed E-state index contributed by atoms with van der Waals surface area (Å²) in [6.45, 7) is 0.695. The van der Waals surface area contributed by atoms with Crippen LogP contribution in [0.1, 0.15) is 18.4 Å². The Morgan fingerprint density at radius 2 is 2.23 bits per heavy atom. The first kappa shape index (κ1) is 13.7. The number of aromatic nitrogens is 2. The second-order valence-corrected chi connectivity index (χ2v) is 6.91. The lowest BCUT2D eigenvalue weighted by atomic mass is 9.81. The number of amidine groups is 1. The van der Waals surface area contributed by atoms with Gasteiger partial charge in [-0.2, -0.15) is 5.10 Å². The molecule has 0 radical (unpaired) electrons. The van der Waals surface area contributed by atoms with Crippen molar-refractivity contribution in [2.75, 3.05) is 12.4 Å². The normalized spacial score (nSPS) is 23.8. The third kappa shape index (κ3) is 2.18. The number of nitrogens with two attached hydrogens (primary N) is 1. The summed E-state index contributed by atoms with van der Waals surface area (Å²) in [5.41, 5.74) is 9.19. The lowest BCUT2D eigenvalue weighted by molar-refractivity contribution is 0.214. The van der Waals surface area contributed by atoms with Crippen molar-refractivity contribution in [3.8, 4) is 16.9 Å². The van der Waals surface area contributed by atoms with Gasteiger partial charge in [-0.3, -0.25) is 9.67 Å². The first-order valence-corrected chi connectivity index (χ1v) is 8.39. The van der Waals surface area contributed by atoms with Crippen LogP contribution in [0.25, 0.3) is 11.1 Å². The topological polar surface area (TPSA) is 65.4 Å². The third-order valence-electron chi connectivity index (χ3n) is 4.38. The van der Waals surface area contributed by atoms with Gasteiger partial charge in [-0.1, -0.05) is 17.8 Å². The van der Waals surface area contributed by atoms with E-state index in [1.54, 1.807) is 11.8 Å². The summed E-state index contributed by atoms with van der Waals surface area (Å²) in [5.74, 6) is 1.94. The zero-order valence-corrected chi connectivity index (χ0v) is 13.3. The highest BCUT2D eigenvalue weighted by Crippen LogP contribution is 2.46. The lowest BCUT2D eigenvalue weighted by Crippen LogP contribution is -2.36. The maximum Gasteiger partial charge on any atom is 0.154 e. The number of benzene rings is 1. The minimum absolute atomic E-state index is 0.221. The van der Waals surface area contributed by atoms with Crippen molar-refractivity contribution in [3.63, 3.8) is 0 Å². The van der Waals surface area contributed by atoms with Crippen LogP contribution in [-0.2, 0) is 12.6 Å².